The molecule has 0 aliphatic carbocycles. The van der Waals surface area contributed by atoms with Crippen molar-refractivity contribution in [3.05, 3.63) is 29.3 Å². The molecular formula is C14H16ClN3O2S2. The van der Waals surface area contributed by atoms with Crippen LogP contribution in [0.3, 0.4) is 0 Å². The number of anilines is 1. The number of ether oxygens (including phenoxy) is 1. The molecule has 0 spiro atoms. The lowest BCUT2D eigenvalue weighted by molar-refractivity contribution is -0.118. The monoisotopic (exact) mass is 357 g/mol. The molecule has 118 valence electrons. The summed E-state index contributed by atoms with van der Waals surface area (Å²) < 4.78 is 6.22. The standard InChI is InChI=1S/C14H16ClN3O2S2/c1-2-3-7-21-14-18-17-13(22-14)16-12(19)9-20-11-6-4-5-10(15)8-11/h4-6,8H,2-3,7,9H2,1H3,(H,16,17,19). The van der Waals surface area contributed by atoms with E-state index in [1.165, 1.54) is 11.3 Å². The number of nitrogens with zero attached hydrogens (tertiary/aromatic N) is 2. The van der Waals surface area contributed by atoms with Gasteiger partial charge in [-0.15, -0.1) is 10.2 Å². The van der Waals surface area contributed by atoms with Crippen LogP contribution in [-0.2, 0) is 4.79 Å². The summed E-state index contributed by atoms with van der Waals surface area (Å²) in [4.78, 5) is 11.8. The predicted octanol–water partition coefficient (Wildman–Crippen LogP) is 4.10. The van der Waals surface area contributed by atoms with Crippen LogP contribution >= 0.6 is 34.7 Å². The fourth-order valence-corrected chi connectivity index (χ4v) is 3.59. The van der Waals surface area contributed by atoms with Crippen LogP contribution in [0.2, 0.25) is 5.02 Å². The summed E-state index contributed by atoms with van der Waals surface area (Å²) in [5.74, 6) is 1.29. The molecule has 0 bridgehead atoms. The minimum absolute atomic E-state index is 0.0990. The Bertz CT molecular complexity index is 622. The number of carbonyl (C=O) groups excluding carboxylic acids is 1. The van der Waals surface area contributed by atoms with E-state index in [-0.39, 0.29) is 12.5 Å². The average molecular weight is 358 g/mol. The van der Waals surface area contributed by atoms with E-state index in [1.54, 1.807) is 36.0 Å². The van der Waals surface area contributed by atoms with Gasteiger partial charge in [0.25, 0.3) is 5.91 Å². The quantitative estimate of drug-likeness (QED) is 0.437. The Balaban J connectivity index is 1.77. The van der Waals surface area contributed by atoms with Crippen molar-refractivity contribution in [2.24, 2.45) is 0 Å². The maximum absolute atomic E-state index is 11.8. The predicted molar refractivity (Wildman–Crippen MR) is 91.1 cm³/mol. The molecule has 8 heteroatoms. The number of unbranched alkanes of at least 4 members (excludes halogenated alkanes) is 1. The molecule has 1 N–H and O–H groups in total. The molecule has 2 aromatic rings. The fraction of sp³-hybridized carbons (Fsp3) is 0.357. The summed E-state index contributed by atoms with van der Waals surface area (Å²) in [7, 11) is 0. The summed E-state index contributed by atoms with van der Waals surface area (Å²) in [5, 5.41) is 11.7. The van der Waals surface area contributed by atoms with Crippen molar-refractivity contribution in [2.75, 3.05) is 17.7 Å². The number of benzene rings is 1. The Morgan fingerprint density at radius 3 is 3.09 bits per heavy atom. The largest absolute Gasteiger partial charge is 0.484 e. The van der Waals surface area contributed by atoms with Gasteiger partial charge in [-0.3, -0.25) is 10.1 Å². The van der Waals surface area contributed by atoms with Gasteiger partial charge in [-0.05, 0) is 24.6 Å². The molecule has 0 fully saturated rings. The van der Waals surface area contributed by atoms with Gasteiger partial charge in [0, 0.05) is 10.8 Å². The van der Waals surface area contributed by atoms with Crippen molar-refractivity contribution in [2.45, 2.75) is 24.1 Å². The first kappa shape index (κ1) is 17.1. The molecule has 1 amide bonds. The summed E-state index contributed by atoms with van der Waals surface area (Å²) in [5.41, 5.74) is 0. The van der Waals surface area contributed by atoms with Crippen molar-refractivity contribution in [3.8, 4) is 5.75 Å². The maximum Gasteiger partial charge on any atom is 0.264 e. The smallest absolute Gasteiger partial charge is 0.264 e. The molecular weight excluding hydrogens is 342 g/mol. The first-order valence-electron chi connectivity index (χ1n) is 6.82. The van der Waals surface area contributed by atoms with Gasteiger partial charge in [-0.2, -0.15) is 0 Å². The summed E-state index contributed by atoms with van der Waals surface area (Å²) in [6.45, 7) is 2.05. The van der Waals surface area contributed by atoms with E-state index in [0.717, 1.165) is 22.9 Å². The third-order valence-electron chi connectivity index (χ3n) is 2.54. The zero-order valence-electron chi connectivity index (χ0n) is 12.0. The minimum Gasteiger partial charge on any atom is -0.484 e. The van der Waals surface area contributed by atoms with E-state index < -0.39 is 0 Å². The zero-order chi connectivity index (χ0) is 15.8. The SMILES string of the molecule is CCCCSc1nnc(NC(=O)COc2cccc(Cl)c2)s1. The van der Waals surface area contributed by atoms with Gasteiger partial charge in [0.15, 0.2) is 10.9 Å². The van der Waals surface area contributed by atoms with Crippen LogP contribution in [0.4, 0.5) is 5.13 Å². The van der Waals surface area contributed by atoms with E-state index in [4.69, 9.17) is 16.3 Å². The van der Waals surface area contributed by atoms with Crippen molar-refractivity contribution in [3.63, 3.8) is 0 Å². The molecule has 5 nitrogen and oxygen atoms in total. The van der Waals surface area contributed by atoms with Crippen LogP contribution in [0.25, 0.3) is 0 Å². The van der Waals surface area contributed by atoms with Gasteiger partial charge in [-0.25, -0.2) is 0 Å². The summed E-state index contributed by atoms with van der Waals surface area (Å²) >= 11 is 8.87. The average Bonchev–Trinajstić information content (AvgIpc) is 2.93. The third kappa shape index (κ3) is 5.82. The second kappa shape index (κ2) is 8.97. The number of thioether (sulfide) groups is 1. The zero-order valence-corrected chi connectivity index (χ0v) is 14.4. The van der Waals surface area contributed by atoms with Crippen LogP contribution in [-0.4, -0.2) is 28.5 Å². The van der Waals surface area contributed by atoms with Crippen molar-refractivity contribution in [1.29, 1.82) is 0 Å². The number of nitrogens with one attached hydrogen (secondary N) is 1. The highest BCUT2D eigenvalue weighted by atomic mass is 35.5. The van der Waals surface area contributed by atoms with Gasteiger partial charge in [0.2, 0.25) is 5.13 Å². The molecule has 1 aromatic heterocycles. The first-order chi connectivity index (χ1) is 10.7. The number of amides is 1. The Labute approximate surface area is 142 Å². The molecule has 0 radical (unpaired) electrons. The molecule has 0 aliphatic rings. The molecule has 2 rings (SSSR count). The van der Waals surface area contributed by atoms with Gasteiger partial charge in [0.05, 0.1) is 0 Å². The number of hydrogen-bond acceptors (Lipinski definition) is 6. The second-order valence-electron chi connectivity index (χ2n) is 4.37. The molecule has 0 aliphatic heterocycles. The second-order valence-corrected chi connectivity index (χ2v) is 7.13. The molecule has 1 heterocycles. The highest BCUT2D eigenvalue weighted by Gasteiger charge is 2.09. The van der Waals surface area contributed by atoms with Crippen LogP contribution < -0.4 is 10.1 Å². The van der Waals surface area contributed by atoms with Gasteiger partial charge in [0.1, 0.15) is 5.75 Å². The first-order valence-corrected chi connectivity index (χ1v) is 9.00. The van der Waals surface area contributed by atoms with E-state index in [2.05, 4.69) is 22.4 Å². The Kier molecular flexibility index (Phi) is 6.95. The molecule has 0 saturated carbocycles. The van der Waals surface area contributed by atoms with Crippen LogP contribution in [0.1, 0.15) is 19.8 Å². The summed E-state index contributed by atoms with van der Waals surface area (Å²) in [6, 6.07) is 6.91. The lowest BCUT2D eigenvalue weighted by Gasteiger charge is -2.05. The number of halogens is 1. The van der Waals surface area contributed by atoms with Crippen LogP contribution in [0.5, 0.6) is 5.75 Å². The molecule has 0 atom stereocenters. The lowest BCUT2D eigenvalue weighted by atomic mass is 10.3. The van der Waals surface area contributed by atoms with E-state index in [1.807, 2.05) is 0 Å². The molecule has 1 aromatic carbocycles. The number of carbonyl (C=O) groups is 1. The number of rotatable bonds is 8. The fourth-order valence-electron chi connectivity index (χ4n) is 1.48. The number of aromatic nitrogens is 2. The van der Waals surface area contributed by atoms with Crippen molar-refractivity contribution >= 4 is 45.7 Å². The van der Waals surface area contributed by atoms with Gasteiger partial charge in [-0.1, -0.05) is 54.1 Å². The van der Waals surface area contributed by atoms with E-state index in [0.29, 0.717) is 15.9 Å². The molecule has 0 saturated heterocycles. The summed E-state index contributed by atoms with van der Waals surface area (Å²) in [6.07, 6.45) is 2.29. The Hall–Kier alpha value is -1.31. The number of hydrogen-bond donors (Lipinski definition) is 1. The van der Waals surface area contributed by atoms with E-state index in [9.17, 15) is 4.79 Å². The van der Waals surface area contributed by atoms with Crippen molar-refractivity contribution in [1.82, 2.24) is 10.2 Å². The highest BCUT2D eigenvalue weighted by molar-refractivity contribution is 8.01. The Morgan fingerprint density at radius 2 is 2.32 bits per heavy atom. The Morgan fingerprint density at radius 1 is 1.45 bits per heavy atom. The minimum atomic E-state index is -0.277. The molecule has 0 unspecified atom stereocenters. The topological polar surface area (TPSA) is 64.1 Å². The lowest BCUT2D eigenvalue weighted by Crippen LogP contribution is -2.20. The third-order valence-corrected chi connectivity index (χ3v) is 4.84. The van der Waals surface area contributed by atoms with Gasteiger partial charge >= 0.3 is 0 Å². The van der Waals surface area contributed by atoms with E-state index >= 15 is 0 Å². The van der Waals surface area contributed by atoms with Crippen LogP contribution in [0, 0.1) is 0 Å². The maximum atomic E-state index is 11.8. The normalized spacial score (nSPS) is 10.5. The van der Waals surface area contributed by atoms with Crippen molar-refractivity contribution < 1.29 is 9.53 Å². The van der Waals surface area contributed by atoms with Crippen LogP contribution in [0.15, 0.2) is 28.6 Å². The highest BCUT2D eigenvalue weighted by Crippen LogP contribution is 2.26. The molecule has 22 heavy (non-hydrogen) atoms. The van der Waals surface area contributed by atoms with Gasteiger partial charge < -0.3 is 4.74 Å².